The Hall–Kier alpha value is -3.59. The zero-order chi connectivity index (χ0) is 16.0. The lowest BCUT2D eigenvalue weighted by atomic mass is 10.1. The largest absolute Gasteiger partial charge is 0.288 e. The van der Waals surface area contributed by atoms with Crippen molar-refractivity contribution in [1.82, 2.24) is 14.8 Å². The molecule has 1 aromatic carbocycles. The summed E-state index contributed by atoms with van der Waals surface area (Å²) in [5, 5.41) is 13.3. The molecule has 0 saturated heterocycles. The minimum atomic E-state index is -0.430. The fourth-order valence-corrected chi connectivity index (χ4v) is 2.74. The third kappa shape index (κ3) is 1.74. The van der Waals surface area contributed by atoms with Crippen LogP contribution in [0.15, 0.2) is 48.8 Å². The second kappa shape index (κ2) is 4.71. The van der Waals surface area contributed by atoms with Gasteiger partial charge in [0.1, 0.15) is 6.07 Å². The van der Waals surface area contributed by atoms with E-state index in [0.717, 1.165) is 4.68 Å². The summed E-state index contributed by atoms with van der Waals surface area (Å²) in [5.41, 5.74) is 1.93. The molecule has 1 aliphatic carbocycles. The van der Waals surface area contributed by atoms with Crippen molar-refractivity contribution in [3.8, 4) is 17.3 Å². The maximum absolute atomic E-state index is 12.7. The molecule has 0 radical (unpaired) electrons. The summed E-state index contributed by atoms with van der Waals surface area (Å²) in [6.07, 6.45) is 2.98. The second-order valence-electron chi connectivity index (χ2n) is 5.02. The first-order valence-electron chi connectivity index (χ1n) is 6.84. The molecule has 2 heterocycles. The normalized spacial score (nSPS) is 11.7. The van der Waals surface area contributed by atoms with Gasteiger partial charge in [0.15, 0.2) is 11.5 Å². The highest BCUT2D eigenvalue weighted by molar-refractivity contribution is 6.23. The van der Waals surface area contributed by atoms with E-state index in [9.17, 15) is 14.9 Å². The molecule has 0 amide bonds. The average molecular weight is 300 g/mol. The van der Waals surface area contributed by atoms with Gasteiger partial charge in [-0.05, 0) is 12.1 Å². The summed E-state index contributed by atoms with van der Waals surface area (Å²) < 4.78 is 1.12. The highest BCUT2D eigenvalue weighted by atomic mass is 16.2. The molecule has 6 nitrogen and oxygen atoms in total. The molecule has 1 aliphatic rings. The number of aromatic nitrogens is 3. The topological polar surface area (TPSA) is 88.6 Å². The van der Waals surface area contributed by atoms with E-state index in [1.807, 2.05) is 6.07 Å². The van der Waals surface area contributed by atoms with Gasteiger partial charge in [-0.15, -0.1) is 0 Å². The number of nitriles is 1. The molecule has 108 valence electrons. The van der Waals surface area contributed by atoms with E-state index in [1.54, 1.807) is 42.6 Å². The number of hydrogen-bond donors (Lipinski definition) is 0. The highest BCUT2D eigenvalue weighted by Gasteiger charge is 2.36. The molecule has 0 aliphatic heterocycles. The Labute approximate surface area is 130 Å². The van der Waals surface area contributed by atoms with Crippen LogP contribution in [-0.4, -0.2) is 26.5 Å². The van der Waals surface area contributed by atoms with Crippen molar-refractivity contribution >= 4 is 11.7 Å². The zero-order valence-electron chi connectivity index (χ0n) is 11.7. The lowest BCUT2D eigenvalue weighted by molar-refractivity contribution is 0.0946. The molecule has 0 unspecified atom stereocenters. The van der Waals surface area contributed by atoms with Gasteiger partial charge in [-0.1, -0.05) is 24.3 Å². The minimum absolute atomic E-state index is 0.0431. The maximum Gasteiger partial charge on any atom is 0.280 e. The summed E-state index contributed by atoms with van der Waals surface area (Å²) in [6, 6.07) is 12.1. The third-order valence-electron chi connectivity index (χ3n) is 3.75. The number of carbonyl (C=O) groups is 2. The van der Waals surface area contributed by atoms with Crippen molar-refractivity contribution in [3.63, 3.8) is 0 Å². The van der Waals surface area contributed by atoms with Crippen molar-refractivity contribution in [2.24, 2.45) is 0 Å². The van der Waals surface area contributed by atoms with Crippen LogP contribution in [-0.2, 0) is 0 Å². The molecule has 6 heteroatoms. The van der Waals surface area contributed by atoms with Crippen LogP contribution < -0.4 is 0 Å². The SMILES string of the molecule is N#Cc1nn(C(=O)c2cccnc2)c2c1C(=O)c1ccccc1-2. The van der Waals surface area contributed by atoms with Crippen LogP contribution in [0, 0.1) is 11.3 Å². The van der Waals surface area contributed by atoms with Gasteiger partial charge in [0, 0.05) is 23.5 Å². The van der Waals surface area contributed by atoms with Crippen LogP contribution in [0.3, 0.4) is 0 Å². The van der Waals surface area contributed by atoms with Crippen LogP contribution >= 0.6 is 0 Å². The third-order valence-corrected chi connectivity index (χ3v) is 3.75. The van der Waals surface area contributed by atoms with Crippen LogP contribution in [0.2, 0.25) is 0 Å². The predicted octanol–water partition coefficient (Wildman–Crippen LogP) is 2.05. The molecular weight excluding hydrogens is 292 g/mol. The van der Waals surface area contributed by atoms with E-state index in [0.29, 0.717) is 22.4 Å². The summed E-state index contributed by atoms with van der Waals surface area (Å²) in [7, 11) is 0. The monoisotopic (exact) mass is 300 g/mol. The first-order valence-corrected chi connectivity index (χ1v) is 6.84. The van der Waals surface area contributed by atoms with Gasteiger partial charge < -0.3 is 0 Å². The fraction of sp³-hybridized carbons (Fsp3) is 0. The summed E-state index contributed by atoms with van der Waals surface area (Å²) in [5.74, 6) is -0.710. The van der Waals surface area contributed by atoms with E-state index < -0.39 is 5.91 Å². The fourth-order valence-electron chi connectivity index (χ4n) is 2.74. The Bertz CT molecular complexity index is 1010. The Balaban J connectivity index is 2.00. The van der Waals surface area contributed by atoms with Crippen LogP contribution in [0.5, 0.6) is 0 Å². The molecular formula is C17H8N4O2. The number of nitrogens with zero attached hydrogens (tertiary/aromatic N) is 4. The molecule has 3 aromatic rings. The van der Waals surface area contributed by atoms with Gasteiger partial charge in [0.2, 0.25) is 0 Å². The van der Waals surface area contributed by atoms with Crippen molar-refractivity contribution < 1.29 is 9.59 Å². The van der Waals surface area contributed by atoms with Crippen molar-refractivity contribution in [1.29, 1.82) is 5.26 Å². The first-order chi connectivity index (χ1) is 11.2. The van der Waals surface area contributed by atoms with Crippen molar-refractivity contribution in [2.75, 3.05) is 0 Å². The Morgan fingerprint density at radius 1 is 1.13 bits per heavy atom. The molecule has 2 aromatic heterocycles. The molecule has 0 atom stereocenters. The van der Waals surface area contributed by atoms with E-state index in [2.05, 4.69) is 10.1 Å². The Morgan fingerprint density at radius 2 is 1.91 bits per heavy atom. The van der Waals surface area contributed by atoms with Gasteiger partial charge in [-0.3, -0.25) is 14.6 Å². The van der Waals surface area contributed by atoms with Crippen LogP contribution in [0.1, 0.15) is 32.0 Å². The summed E-state index contributed by atoms with van der Waals surface area (Å²) >= 11 is 0. The molecule has 4 rings (SSSR count). The Morgan fingerprint density at radius 3 is 2.61 bits per heavy atom. The first kappa shape index (κ1) is 13.1. The predicted molar refractivity (Wildman–Crippen MR) is 79.8 cm³/mol. The van der Waals surface area contributed by atoms with Crippen LogP contribution in [0.4, 0.5) is 0 Å². The molecule has 0 spiro atoms. The average Bonchev–Trinajstić information content (AvgIpc) is 3.13. The molecule has 0 bridgehead atoms. The standard InChI is InChI=1S/C17H8N4O2/c18-8-13-14-15(11-5-1-2-6-12(11)16(14)22)21(20-13)17(23)10-4-3-7-19-9-10/h1-7,9H. The minimum Gasteiger partial charge on any atom is -0.288 e. The molecule has 0 N–H and O–H groups in total. The number of fused-ring (bicyclic) bond motifs is 3. The van der Waals surface area contributed by atoms with E-state index >= 15 is 0 Å². The van der Waals surface area contributed by atoms with Crippen LogP contribution in [0.25, 0.3) is 11.3 Å². The number of pyridine rings is 1. The summed E-state index contributed by atoms with van der Waals surface area (Å²) in [4.78, 5) is 29.1. The van der Waals surface area contributed by atoms with Gasteiger partial charge in [0.05, 0.1) is 16.8 Å². The summed E-state index contributed by atoms with van der Waals surface area (Å²) in [6.45, 7) is 0. The molecule has 23 heavy (non-hydrogen) atoms. The van der Waals surface area contributed by atoms with E-state index in [4.69, 9.17) is 0 Å². The number of carbonyl (C=O) groups excluding carboxylic acids is 2. The number of hydrogen-bond acceptors (Lipinski definition) is 5. The molecule has 0 fully saturated rings. The maximum atomic E-state index is 12.7. The highest BCUT2D eigenvalue weighted by Crippen LogP contribution is 2.38. The van der Waals surface area contributed by atoms with Crippen molar-refractivity contribution in [2.45, 2.75) is 0 Å². The van der Waals surface area contributed by atoms with Gasteiger partial charge >= 0.3 is 0 Å². The van der Waals surface area contributed by atoms with E-state index in [1.165, 1.54) is 6.20 Å². The van der Waals surface area contributed by atoms with Gasteiger partial charge in [-0.25, -0.2) is 0 Å². The molecule has 0 saturated carbocycles. The second-order valence-corrected chi connectivity index (χ2v) is 5.02. The van der Waals surface area contributed by atoms with Gasteiger partial charge in [0.25, 0.3) is 5.91 Å². The zero-order valence-corrected chi connectivity index (χ0v) is 11.7. The van der Waals surface area contributed by atoms with Gasteiger partial charge in [-0.2, -0.15) is 15.0 Å². The quantitative estimate of drug-likeness (QED) is 0.537. The Kier molecular flexibility index (Phi) is 2.68. The van der Waals surface area contributed by atoms with Crippen molar-refractivity contribution in [3.05, 3.63) is 71.2 Å². The van der Waals surface area contributed by atoms with E-state index in [-0.39, 0.29) is 17.0 Å². The smallest absolute Gasteiger partial charge is 0.280 e. The number of rotatable bonds is 1. The lowest BCUT2D eigenvalue weighted by Gasteiger charge is -2.05. The number of ketones is 1. The number of benzene rings is 1. The lowest BCUT2D eigenvalue weighted by Crippen LogP contribution is -2.15.